The third kappa shape index (κ3) is 3.12. The van der Waals surface area contributed by atoms with Crippen molar-refractivity contribution in [2.75, 3.05) is 13.7 Å². The number of rotatable bonds is 4. The van der Waals surface area contributed by atoms with E-state index in [9.17, 15) is 9.59 Å². The van der Waals surface area contributed by atoms with E-state index in [0.29, 0.717) is 0 Å². The average molecular weight is 341 g/mol. The minimum absolute atomic E-state index is 0.0327. The topological polar surface area (TPSA) is 111 Å². The van der Waals surface area contributed by atoms with E-state index in [4.69, 9.17) is 18.9 Å². The van der Waals surface area contributed by atoms with Gasteiger partial charge in [0, 0.05) is 6.92 Å². The minimum Gasteiger partial charge on any atom is -0.463 e. The van der Waals surface area contributed by atoms with Crippen LogP contribution < -0.4 is 0 Å². The molecule has 0 amide bonds. The molecule has 1 aromatic rings. The van der Waals surface area contributed by atoms with Crippen molar-refractivity contribution < 1.29 is 33.3 Å². The van der Waals surface area contributed by atoms with Crippen LogP contribution in [0.2, 0.25) is 0 Å². The van der Waals surface area contributed by atoms with E-state index in [2.05, 4.69) is 14.8 Å². The van der Waals surface area contributed by atoms with Gasteiger partial charge in [-0.05, 0) is 13.8 Å². The molecule has 0 saturated carbocycles. The molecule has 2 aliphatic heterocycles. The van der Waals surface area contributed by atoms with Crippen molar-refractivity contribution in [3.8, 4) is 0 Å². The molecule has 0 radical (unpaired) electrons. The van der Waals surface area contributed by atoms with E-state index in [0.717, 1.165) is 0 Å². The summed E-state index contributed by atoms with van der Waals surface area (Å²) < 4.78 is 28.6. The van der Waals surface area contributed by atoms with Crippen LogP contribution >= 0.6 is 0 Å². The Morgan fingerprint density at radius 1 is 1.33 bits per heavy atom. The van der Waals surface area contributed by atoms with Crippen LogP contribution in [0.25, 0.3) is 0 Å². The maximum Gasteiger partial charge on any atom is 0.377 e. The number of methoxy groups -OCH3 is 1. The maximum absolute atomic E-state index is 11.5. The highest BCUT2D eigenvalue weighted by Gasteiger charge is 2.56. The third-order valence-corrected chi connectivity index (χ3v) is 3.71. The Balaban J connectivity index is 1.81. The van der Waals surface area contributed by atoms with Crippen molar-refractivity contribution >= 4 is 11.9 Å². The predicted octanol–water partition coefficient (Wildman–Crippen LogP) is 0.0453. The second kappa shape index (κ2) is 6.11. The highest BCUT2D eigenvalue weighted by molar-refractivity contribution is 5.84. The molecule has 1 aromatic heterocycles. The molecule has 3 rings (SSSR count). The molecule has 2 aliphatic rings. The Bertz CT molecular complexity index is 644. The van der Waals surface area contributed by atoms with Gasteiger partial charge in [-0.3, -0.25) is 4.79 Å². The Kier molecular flexibility index (Phi) is 4.28. The molecular formula is C14H19N3O7. The monoisotopic (exact) mass is 341 g/mol. The number of esters is 2. The van der Waals surface area contributed by atoms with Crippen molar-refractivity contribution in [2.45, 2.75) is 51.1 Å². The highest BCUT2D eigenvalue weighted by atomic mass is 16.8. The molecule has 0 aliphatic carbocycles. The zero-order valence-electron chi connectivity index (χ0n) is 13.8. The molecule has 4 atom stereocenters. The molecule has 0 aromatic carbocycles. The largest absolute Gasteiger partial charge is 0.463 e. The first kappa shape index (κ1) is 16.8. The molecule has 24 heavy (non-hydrogen) atoms. The highest BCUT2D eigenvalue weighted by Crippen LogP contribution is 2.42. The summed E-state index contributed by atoms with van der Waals surface area (Å²) >= 11 is 0. The van der Waals surface area contributed by atoms with Crippen LogP contribution in [0, 0.1) is 0 Å². The van der Waals surface area contributed by atoms with Gasteiger partial charge >= 0.3 is 11.9 Å². The average Bonchev–Trinajstić information content (AvgIpc) is 3.17. The summed E-state index contributed by atoms with van der Waals surface area (Å²) in [4.78, 5) is 26.5. The van der Waals surface area contributed by atoms with E-state index >= 15 is 0 Å². The summed E-state index contributed by atoms with van der Waals surface area (Å²) in [7, 11) is 1.25. The molecule has 0 bridgehead atoms. The number of ether oxygens (including phenoxy) is 5. The Morgan fingerprint density at radius 2 is 2.04 bits per heavy atom. The normalized spacial score (nSPS) is 30.8. The van der Waals surface area contributed by atoms with Gasteiger partial charge in [-0.15, -0.1) is 5.10 Å². The van der Waals surface area contributed by atoms with E-state index in [-0.39, 0.29) is 12.4 Å². The predicted molar refractivity (Wildman–Crippen MR) is 75.7 cm³/mol. The lowest BCUT2D eigenvalue weighted by molar-refractivity contribution is -0.203. The zero-order valence-corrected chi connectivity index (χ0v) is 13.8. The number of hydrogen-bond donors (Lipinski definition) is 0. The molecule has 10 nitrogen and oxygen atoms in total. The van der Waals surface area contributed by atoms with Crippen LogP contribution in [0.15, 0.2) is 6.33 Å². The lowest BCUT2D eigenvalue weighted by Gasteiger charge is -2.23. The smallest absolute Gasteiger partial charge is 0.377 e. The van der Waals surface area contributed by atoms with Gasteiger partial charge in [-0.2, -0.15) is 0 Å². The first-order valence-electron chi connectivity index (χ1n) is 7.44. The van der Waals surface area contributed by atoms with Gasteiger partial charge in [0.2, 0.25) is 0 Å². The second-order valence-electron chi connectivity index (χ2n) is 5.97. The van der Waals surface area contributed by atoms with Crippen LogP contribution in [0.5, 0.6) is 0 Å². The summed E-state index contributed by atoms with van der Waals surface area (Å²) in [6.45, 7) is 4.92. The van der Waals surface area contributed by atoms with Gasteiger partial charge in [-0.1, -0.05) is 0 Å². The SMILES string of the molecule is COC(=O)c1ncn(C2O[C@H](COC(C)=O)[C@@H]3OC(C)(C)O[C@@H]23)n1. The molecular weight excluding hydrogens is 322 g/mol. The van der Waals surface area contributed by atoms with Crippen molar-refractivity contribution in [3.05, 3.63) is 12.2 Å². The van der Waals surface area contributed by atoms with Gasteiger partial charge in [-0.25, -0.2) is 14.5 Å². The number of carbonyl (C=O) groups excluding carboxylic acids is 2. The fourth-order valence-electron chi connectivity index (χ4n) is 2.79. The first-order chi connectivity index (χ1) is 11.3. The van der Waals surface area contributed by atoms with Crippen LogP contribution in [0.3, 0.4) is 0 Å². The van der Waals surface area contributed by atoms with Crippen LogP contribution in [0.4, 0.5) is 0 Å². The van der Waals surface area contributed by atoms with Crippen molar-refractivity contribution in [2.24, 2.45) is 0 Å². The van der Waals surface area contributed by atoms with E-state index in [1.165, 1.54) is 25.0 Å². The summed E-state index contributed by atoms with van der Waals surface area (Å²) in [6, 6.07) is 0. The van der Waals surface area contributed by atoms with Gasteiger partial charge in [0.15, 0.2) is 12.0 Å². The zero-order chi connectivity index (χ0) is 17.5. The Hall–Kier alpha value is -2.04. The second-order valence-corrected chi connectivity index (χ2v) is 5.97. The molecule has 132 valence electrons. The van der Waals surface area contributed by atoms with E-state index < -0.39 is 42.3 Å². The maximum atomic E-state index is 11.5. The van der Waals surface area contributed by atoms with Crippen molar-refractivity contribution in [1.29, 1.82) is 0 Å². The van der Waals surface area contributed by atoms with Crippen molar-refractivity contribution in [3.63, 3.8) is 0 Å². The van der Waals surface area contributed by atoms with Gasteiger partial charge in [0.05, 0.1) is 7.11 Å². The number of fused-ring (bicyclic) bond motifs is 1. The molecule has 2 saturated heterocycles. The van der Waals surface area contributed by atoms with Gasteiger partial charge < -0.3 is 23.7 Å². The van der Waals surface area contributed by atoms with Gasteiger partial charge in [0.1, 0.15) is 31.2 Å². The molecule has 2 fully saturated rings. The molecule has 0 spiro atoms. The summed E-state index contributed by atoms with van der Waals surface area (Å²) in [5.74, 6) is -1.95. The van der Waals surface area contributed by atoms with E-state index in [1.807, 2.05) is 0 Å². The lowest BCUT2D eigenvalue weighted by Crippen LogP contribution is -2.33. The standard InChI is InChI=1S/C14H19N3O7/c1-7(18)21-5-8-9-10(24-14(2,3)23-9)12(22-8)17-6-15-11(16-17)13(19)20-4/h6,8-10,12H,5H2,1-4H3/t8-,9+,10-,12?/m1/s1. The molecule has 3 heterocycles. The summed E-state index contributed by atoms with van der Waals surface area (Å²) in [5, 5.41) is 4.06. The fourth-order valence-corrected chi connectivity index (χ4v) is 2.79. The third-order valence-electron chi connectivity index (χ3n) is 3.71. The number of nitrogens with zero attached hydrogens (tertiary/aromatic N) is 3. The first-order valence-corrected chi connectivity index (χ1v) is 7.44. The summed E-state index contributed by atoms with van der Waals surface area (Å²) in [6.07, 6.45) is -0.737. The Labute approximate surface area is 138 Å². The van der Waals surface area contributed by atoms with Crippen LogP contribution in [-0.4, -0.2) is 64.5 Å². The van der Waals surface area contributed by atoms with E-state index in [1.54, 1.807) is 13.8 Å². The van der Waals surface area contributed by atoms with Crippen LogP contribution in [0.1, 0.15) is 37.6 Å². The minimum atomic E-state index is -0.808. The quantitative estimate of drug-likeness (QED) is 0.701. The lowest BCUT2D eigenvalue weighted by atomic mass is 10.1. The molecule has 10 heteroatoms. The fraction of sp³-hybridized carbons (Fsp3) is 0.714. The molecule has 1 unspecified atom stereocenters. The van der Waals surface area contributed by atoms with Gasteiger partial charge in [0.25, 0.3) is 5.82 Å². The van der Waals surface area contributed by atoms with Crippen molar-refractivity contribution in [1.82, 2.24) is 14.8 Å². The molecule has 0 N–H and O–H groups in total. The number of aromatic nitrogens is 3. The number of carbonyl (C=O) groups is 2. The van der Waals surface area contributed by atoms with Crippen LogP contribution in [-0.2, 0) is 28.5 Å². The summed E-state index contributed by atoms with van der Waals surface area (Å²) in [5.41, 5.74) is 0. The number of hydrogen-bond acceptors (Lipinski definition) is 9. The Morgan fingerprint density at radius 3 is 2.71 bits per heavy atom.